The van der Waals surface area contributed by atoms with Gasteiger partial charge in [-0.25, -0.2) is 0 Å². The van der Waals surface area contributed by atoms with Crippen LogP contribution in [-0.4, -0.2) is 24.0 Å². The molecule has 3 nitrogen and oxygen atoms in total. The molecular weight excluding hydrogens is 303 g/mol. The summed E-state index contributed by atoms with van der Waals surface area (Å²) in [6.07, 6.45) is 2.68. The standard InChI is InChI=1S/C13H19ClN2OS.ClH/c1-9(10-5-3-4-6-11(10)14)16-13(17)12(15)7-8-18-2;/h3-6,9,12H,7-8,15H2,1-2H3,(H,16,17);1H/t9?,12-;/m0./s1. The molecule has 2 atom stereocenters. The SMILES string of the molecule is CSCC[C@H](N)C(=O)NC(C)c1ccccc1Cl.Cl. The van der Waals surface area contributed by atoms with E-state index in [1.165, 1.54) is 0 Å². The maximum Gasteiger partial charge on any atom is 0.237 e. The highest BCUT2D eigenvalue weighted by molar-refractivity contribution is 7.98. The number of amides is 1. The minimum Gasteiger partial charge on any atom is -0.348 e. The molecule has 0 saturated carbocycles. The molecule has 0 heterocycles. The third-order valence-corrected chi connectivity index (χ3v) is 3.69. The fraction of sp³-hybridized carbons (Fsp3) is 0.462. The largest absolute Gasteiger partial charge is 0.348 e. The van der Waals surface area contributed by atoms with Gasteiger partial charge >= 0.3 is 0 Å². The Morgan fingerprint density at radius 3 is 2.68 bits per heavy atom. The van der Waals surface area contributed by atoms with Crippen LogP contribution in [0.1, 0.15) is 24.9 Å². The molecule has 1 rings (SSSR count). The molecular formula is C13H20Cl2N2OS. The normalized spacial score (nSPS) is 13.3. The zero-order chi connectivity index (χ0) is 13.5. The molecule has 1 amide bonds. The first-order valence-corrected chi connectivity index (χ1v) is 7.62. The van der Waals surface area contributed by atoms with Gasteiger partial charge in [-0.2, -0.15) is 11.8 Å². The lowest BCUT2D eigenvalue weighted by atomic mass is 10.1. The van der Waals surface area contributed by atoms with E-state index in [2.05, 4.69) is 5.32 Å². The first-order valence-electron chi connectivity index (χ1n) is 5.85. The van der Waals surface area contributed by atoms with Crippen molar-refractivity contribution in [1.82, 2.24) is 5.32 Å². The molecule has 0 aliphatic rings. The molecule has 0 bridgehead atoms. The van der Waals surface area contributed by atoms with Gasteiger partial charge in [0, 0.05) is 5.02 Å². The third-order valence-electron chi connectivity index (χ3n) is 2.70. The Morgan fingerprint density at radius 1 is 1.47 bits per heavy atom. The van der Waals surface area contributed by atoms with E-state index in [-0.39, 0.29) is 24.4 Å². The van der Waals surface area contributed by atoms with Crippen molar-refractivity contribution in [3.05, 3.63) is 34.9 Å². The van der Waals surface area contributed by atoms with E-state index >= 15 is 0 Å². The lowest BCUT2D eigenvalue weighted by Gasteiger charge is -2.18. The molecule has 6 heteroatoms. The number of carbonyl (C=O) groups excluding carboxylic acids is 1. The number of carbonyl (C=O) groups is 1. The van der Waals surface area contributed by atoms with Gasteiger partial charge in [0.05, 0.1) is 12.1 Å². The molecule has 0 aromatic heterocycles. The third kappa shape index (κ3) is 6.04. The van der Waals surface area contributed by atoms with Gasteiger partial charge in [-0.15, -0.1) is 12.4 Å². The quantitative estimate of drug-likeness (QED) is 0.846. The van der Waals surface area contributed by atoms with E-state index in [0.29, 0.717) is 11.4 Å². The lowest BCUT2D eigenvalue weighted by Crippen LogP contribution is -2.42. The molecule has 108 valence electrons. The number of nitrogens with two attached hydrogens (primary N) is 1. The van der Waals surface area contributed by atoms with E-state index in [9.17, 15) is 4.79 Å². The van der Waals surface area contributed by atoms with Crippen molar-refractivity contribution in [2.45, 2.75) is 25.4 Å². The smallest absolute Gasteiger partial charge is 0.237 e. The first kappa shape index (κ1) is 18.6. The van der Waals surface area contributed by atoms with Crippen LogP contribution in [0.2, 0.25) is 5.02 Å². The van der Waals surface area contributed by atoms with Crippen molar-refractivity contribution in [2.24, 2.45) is 5.73 Å². The number of nitrogens with one attached hydrogen (secondary N) is 1. The van der Waals surface area contributed by atoms with Crippen molar-refractivity contribution in [3.8, 4) is 0 Å². The molecule has 0 aliphatic heterocycles. The lowest BCUT2D eigenvalue weighted by molar-refractivity contribution is -0.123. The Labute approximate surface area is 130 Å². The van der Waals surface area contributed by atoms with Gasteiger partial charge in [-0.1, -0.05) is 29.8 Å². The van der Waals surface area contributed by atoms with Crippen molar-refractivity contribution in [3.63, 3.8) is 0 Å². The van der Waals surface area contributed by atoms with Gasteiger partial charge in [0.1, 0.15) is 0 Å². The topological polar surface area (TPSA) is 55.1 Å². The first-order chi connectivity index (χ1) is 8.56. The fourth-order valence-electron chi connectivity index (χ4n) is 1.60. The van der Waals surface area contributed by atoms with Crippen LogP contribution in [0, 0.1) is 0 Å². The predicted octanol–water partition coefficient (Wildman–Crippen LogP) is 3.02. The summed E-state index contributed by atoms with van der Waals surface area (Å²) >= 11 is 7.76. The van der Waals surface area contributed by atoms with Gasteiger partial charge in [0.15, 0.2) is 0 Å². The highest BCUT2D eigenvalue weighted by atomic mass is 35.5. The molecule has 19 heavy (non-hydrogen) atoms. The zero-order valence-corrected chi connectivity index (χ0v) is 13.4. The molecule has 0 spiro atoms. The average molecular weight is 323 g/mol. The molecule has 1 unspecified atom stereocenters. The van der Waals surface area contributed by atoms with Crippen molar-refractivity contribution < 1.29 is 4.79 Å². The summed E-state index contributed by atoms with van der Waals surface area (Å²) < 4.78 is 0. The zero-order valence-electron chi connectivity index (χ0n) is 11.1. The number of benzene rings is 1. The van der Waals surface area contributed by atoms with E-state index in [0.717, 1.165) is 11.3 Å². The predicted molar refractivity (Wildman–Crippen MR) is 86.2 cm³/mol. The number of hydrogen-bond donors (Lipinski definition) is 2. The number of thioether (sulfide) groups is 1. The summed E-state index contributed by atoms with van der Waals surface area (Å²) in [5.41, 5.74) is 6.72. The maximum atomic E-state index is 11.9. The average Bonchev–Trinajstić information content (AvgIpc) is 2.36. The second-order valence-electron chi connectivity index (χ2n) is 4.14. The minimum atomic E-state index is -0.456. The van der Waals surface area contributed by atoms with Crippen LogP contribution in [0.15, 0.2) is 24.3 Å². The summed E-state index contributed by atoms with van der Waals surface area (Å²) in [6.45, 7) is 1.90. The van der Waals surface area contributed by atoms with Crippen LogP contribution >= 0.6 is 35.8 Å². The van der Waals surface area contributed by atoms with Crippen molar-refractivity contribution in [2.75, 3.05) is 12.0 Å². The van der Waals surface area contributed by atoms with Crippen molar-refractivity contribution in [1.29, 1.82) is 0 Å². The molecule has 0 radical (unpaired) electrons. The fourth-order valence-corrected chi connectivity index (χ4v) is 2.39. The van der Waals surface area contributed by atoms with Gasteiger partial charge < -0.3 is 11.1 Å². The molecule has 1 aromatic carbocycles. The van der Waals surface area contributed by atoms with Crippen LogP contribution in [-0.2, 0) is 4.79 Å². The highest BCUT2D eigenvalue weighted by Crippen LogP contribution is 2.22. The van der Waals surface area contributed by atoms with Crippen LogP contribution in [0.25, 0.3) is 0 Å². The Kier molecular flexibility index (Phi) is 9.27. The summed E-state index contributed by atoms with van der Waals surface area (Å²) in [5, 5.41) is 3.54. The monoisotopic (exact) mass is 322 g/mol. The molecule has 0 aliphatic carbocycles. The number of halogens is 2. The van der Waals surface area contributed by atoms with Gasteiger partial charge in [-0.3, -0.25) is 4.79 Å². The maximum absolute atomic E-state index is 11.9. The van der Waals surface area contributed by atoms with Gasteiger partial charge in [0.25, 0.3) is 0 Å². The Hall–Kier alpha value is -0.420. The molecule has 0 saturated heterocycles. The second kappa shape index (κ2) is 9.48. The van der Waals surface area contributed by atoms with E-state index in [1.807, 2.05) is 37.4 Å². The van der Waals surface area contributed by atoms with E-state index in [1.54, 1.807) is 11.8 Å². The highest BCUT2D eigenvalue weighted by Gasteiger charge is 2.17. The van der Waals surface area contributed by atoms with E-state index in [4.69, 9.17) is 17.3 Å². The Bertz CT molecular complexity index is 404. The Morgan fingerprint density at radius 2 is 2.11 bits per heavy atom. The number of rotatable bonds is 6. The summed E-state index contributed by atoms with van der Waals surface area (Å²) in [4.78, 5) is 11.9. The van der Waals surface area contributed by atoms with E-state index < -0.39 is 6.04 Å². The van der Waals surface area contributed by atoms with Crippen LogP contribution in [0.5, 0.6) is 0 Å². The number of hydrogen-bond acceptors (Lipinski definition) is 3. The van der Waals surface area contributed by atoms with Gasteiger partial charge in [0.2, 0.25) is 5.91 Å². The van der Waals surface area contributed by atoms with Crippen LogP contribution in [0.4, 0.5) is 0 Å². The van der Waals surface area contributed by atoms with Crippen LogP contribution in [0.3, 0.4) is 0 Å². The summed E-state index contributed by atoms with van der Waals surface area (Å²) in [5.74, 6) is 0.756. The minimum absolute atomic E-state index is 0. The van der Waals surface area contributed by atoms with Crippen LogP contribution < -0.4 is 11.1 Å². The van der Waals surface area contributed by atoms with Crippen molar-refractivity contribution >= 4 is 41.7 Å². The molecule has 3 N–H and O–H groups in total. The Balaban J connectivity index is 0.00000324. The molecule has 0 fully saturated rings. The van der Waals surface area contributed by atoms with Gasteiger partial charge in [-0.05, 0) is 37.0 Å². The summed E-state index contributed by atoms with van der Waals surface area (Å²) in [7, 11) is 0. The summed E-state index contributed by atoms with van der Waals surface area (Å²) in [6, 6.07) is 6.89. The molecule has 1 aromatic rings. The second-order valence-corrected chi connectivity index (χ2v) is 5.53.